The molecule has 0 fully saturated rings. The van der Waals surface area contributed by atoms with Gasteiger partial charge in [-0.15, -0.1) is 0 Å². The highest BCUT2D eigenvalue weighted by molar-refractivity contribution is 6.30. The number of hydrogen-bond donors (Lipinski definition) is 1. The quantitative estimate of drug-likeness (QED) is 0.824. The summed E-state index contributed by atoms with van der Waals surface area (Å²) in [6, 6.07) is 7.16. The highest BCUT2D eigenvalue weighted by Crippen LogP contribution is 2.16. The monoisotopic (exact) mass is 212 g/mol. The van der Waals surface area contributed by atoms with E-state index in [4.69, 9.17) is 11.6 Å². The van der Waals surface area contributed by atoms with Crippen molar-refractivity contribution in [2.75, 3.05) is 25.5 Å². The first-order valence-electron chi connectivity index (χ1n) is 4.32. The van der Waals surface area contributed by atoms with Crippen molar-refractivity contribution in [3.8, 4) is 0 Å². The molecule has 1 N–H and O–H groups in total. The van der Waals surface area contributed by atoms with Crippen molar-refractivity contribution in [3.63, 3.8) is 0 Å². The van der Waals surface area contributed by atoms with Crippen LogP contribution < -0.4 is 10.2 Å². The summed E-state index contributed by atoms with van der Waals surface area (Å²) < 4.78 is 0. The third kappa shape index (κ3) is 2.72. The predicted octanol–water partition coefficient (Wildman–Crippen LogP) is 1.52. The molecule has 0 aliphatic heterocycles. The Hall–Kier alpha value is -1.06. The van der Waals surface area contributed by atoms with Crippen LogP contribution in [0.25, 0.3) is 0 Å². The topological polar surface area (TPSA) is 32.3 Å². The molecule has 0 aliphatic rings. The number of halogens is 1. The Morgan fingerprint density at radius 2 is 2.00 bits per heavy atom. The first-order valence-corrected chi connectivity index (χ1v) is 4.69. The molecule has 0 saturated heterocycles. The Labute approximate surface area is 88.7 Å². The van der Waals surface area contributed by atoms with Gasteiger partial charge in [0, 0.05) is 17.8 Å². The zero-order chi connectivity index (χ0) is 10.6. The van der Waals surface area contributed by atoms with E-state index in [-0.39, 0.29) is 5.91 Å². The first-order chi connectivity index (χ1) is 6.65. The van der Waals surface area contributed by atoms with Crippen LogP contribution in [-0.4, -0.2) is 26.5 Å². The summed E-state index contributed by atoms with van der Waals surface area (Å²) in [5.41, 5.74) is 0.842. The molecule has 0 aromatic heterocycles. The van der Waals surface area contributed by atoms with Crippen molar-refractivity contribution < 1.29 is 4.79 Å². The number of carbonyl (C=O) groups is 1. The Morgan fingerprint density at radius 3 is 2.50 bits per heavy atom. The van der Waals surface area contributed by atoms with Gasteiger partial charge in [0.15, 0.2) is 0 Å². The van der Waals surface area contributed by atoms with E-state index in [1.54, 1.807) is 31.1 Å². The van der Waals surface area contributed by atoms with Gasteiger partial charge in [-0.2, -0.15) is 0 Å². The number of rotatable bonds is 3. The number of nitrogens with one attached hydrogen (secondary N) is 1. The van der Waals surface area contributed by atoms with Crippen LogP contribution in [0.3, 0.4) is 0 Å². The van der Waals surface area contributed by atoms with Crippen molar-refractivity contribution >= 4 is 23.2 Å². The molecule has 1 aromatic rings. The van der Waals surface area contributed by atoms with Crippen LogP contribution in [0.2, 0.25) is 5.02 Å². The summed E-state index contributed by atoms with van der Waals surface area (Å²) >= 11 is 5.74. The maximum Gasteiger partial charge on any atom is 0.240 e. The fourth-order valence-corrected chi connectivity index (χ4v) is 1.20. The highest BCUT2D eigenvalue weighted by Gasteiger charge is 2.08. The molecule has 0 atom stereocenters. The summed E-state index contributed by atoms with van der Waals surface area (Å²) in [6.45, 7) is 0.332. The molecule has 1 amide bonds. The molecule has 0 bridgehead atoms. The van der Waals surface area contributed by atoms with Gasteiger partial charge < -0.3 is 10.2 Å². The van der Waals surface area contributed by atoms with Gasteiger partial charge in [0.25, 0.3) is 0 Å². The Bertz CT molecular complexity index is 310. The Balaban J connectivity index is 2.73. The van der Waals surface area contributed by atoms with Gasteiger partial charge in [-0.1, -0.05) is 11.6 Å². The van der Waals surface area contributed by atoms with Crippen molar-refractivity contribution in [3.05, 3.63) is 29.3 Å². The maximum absolute atomic E-state index is 11.5. The van der Waals surface area contributed by atoms with Gasteiger partial charge >= 0.3 is 0 Å². The molecular formula is C10H13ClN2O. The molecule has 1 aromatic carbocycles. The van der Waals surface area contributed by atoms with E-state index in [2.05, 4.69) is 5.32 Å². The summed E-state index contributed by atoms with van der Waals surface area (Å²) in [4.78, 5) is 13.0. The smallest absolute Gasteiger partial charge is 0.240 e. The van der Waals surface area contributed by atoms with Crippen molar-refractivity contribution in [1.82, 2.24) is 5.32 Å². The average Bonchev–Trinajstić information content (AvgIpc) is 2.18. The third-order valence-corrected chi connectivity index (χ3v) is 2.17. The van der Waals surface area contributed by atoms with Crippen LogP contribution in [0.5, 0.6) is 0 Å². The van der Waals surface area contributed by atoms with Gasteiger partial charge in [-0.3, -0.25) is 4.79 Å². The average molecular weight is 213 g/mol. The Morgan fingerprint density at radius 1 is 1.43 bits per heavy atom. The van der Waals surface area contributed by atoms with Crippen LogP contribution in [0.4, 0.5) is 5.69 Å². The van der Waals surface area contributed by atoms with Crippen LogP contribution >= 0.6 is 11.6 Å². The lowest BCUT2D eigenvalue weighted by Gasteiger charge is -2.16. The molecule has 0 unspecified atom stereocenters. The van der Waals surface area contributed by atoms with Crippen molar-refractivity contribution in [1.29, 1.82) is 0 Å². The summed E-state index contributed by atoms with van der Waals surface area (Å²) in [6.07, 6.45) is 0. The van der Waals surface area contributed by atoms with Gasteiger partial charge in [0.2, 0.25) is 5.91 Å². The lowest BCUT2D eigenvalue weighted by molar-refractivity contribution is -0.117. The van der Waals surface area contributed by atoms with Crippen molar-refractivity contribution in [2.24, 2.45) is 0 Å². The van der Waals surface area contributed by atoms with E-state index in [0.29, 0.717) is 11.6 Å². The second-order valence-electron chi connectivity index (χ2n) is 2.96. The van der Waals surface area contributed by atoms with Crippen LogP contribution in [0, 0.1) is 0 Å². The SMILES string of the molecule is CNCC(=O)N(C)c1ccc(Cl)cc1. The van der Waals surface area contributed by atoms with Gasteiger partial charge in [-0.05, 0) is 31.3 Å². The molecule has 1 rings (SSSR count). The minimum absolute atomic E-state index is 0.0230. The molecule has 0 spiro atoms. The molecule has 0 radical (unpaired) electrons. The third-order valence-electron chi connectivity index (χ3n) is 1.92. The molecule has 0 aliphatic carbocycles. The number of hydrogen-bond acceptors (Lipinski definition) is 2. The highest BCUT2D eigenvalue weighted by atomic mass is 35.5. The van der Waals surface area contributed by atoms with Crippen molar-refractivity contribution in [2.45, 2.75) is 0 Å². The van der Waals surface area contributed by atoms with E-state index in [0.717, 1.165) is 5.69 Å². The lowest BCUT2D eigenvalue weighted by atomic mass is 10.3. The number of amides is 1. The standard InChI is InChI=1S/C10H13ClN2O/c1-12-7-10(14)13(2)9-5-3-8(11)4-6-9/h3-6,12H,7H2,1-2H3. The van der Waals surface area contributed by atoms with E-state index >= 15 is 0 Å². The van der Waals surface area contributed by atoms with Gasteiger partial charge in [0.1, 0.15) is 0 Å². The largest absolute Gasteiger partial charge is 0.314 e. The summed E-state index contributed by atoms with van der Waals surface area (Å²) in [7, 11) is 3.48. The molecule has 14 heavy (non-hydrogen) atoms. The van der Waals surface area contributed by atoms with E-state index in [1.165, 1.54) is 0 Å². The minimum atomic E-state index is 0.0230. The predicted molar refractivity (Wildman–Crippen MR) is 58.8 cm³/mol. The Kier molecular flexibility index (Phi) is 3.92. The van der Waals surface area contributed by atoms with Gasteiger partial charge in [-0.25, -0.2) is 0 Å². The number of anilines is 1. The molecule has 3 nitrogen and oxygen atoms in total. The number of nitrogens with zero attached hydrogens (tertiary/aromatic N) is 1. The summed E-state index contributed by atoms with van der Waals surface area (Å²) in [5.74, 6) is 0.0230. The fourth-order valence-electron chi connectivity index (χ4n) is 1.08. The van der Waals surface area contributed by atoms with Crippen LogP contribution in [0.1, 0.15) is 0 Å². The minimum Gasteiger partial charge on any atom is -0.314 e. The van der Waals surface area contributed by atoms with E-state index in [9.17, 15) is 4.79 Å². The van der Waals surface area contributed by atoms with E-state index in [1.807, 2.05) is 12.1 Å². The number of carbonyl (C=O) groups excluding carboxylic acids is 1. The number of benzene rings is 1. The second-order valence-corrected chi connectivity index (χ2v) is 3.40. The molecule has 4 heteroatoms. The van der Waals surface area contributed by atoms with E-state index < -0.39 is 0 Å². The zero-order valence-corrected chi connectivity index (χ0v) is 9.01. The molecule has 0 heterocycles. The van der Waals surface area contributed by atoms with Crippen LogP contribution in [-0.2, 0) is 4.79 Å². The zero-order valence-electron chi connectivity index (χ0n) is 8.25. The lowest BCUT2D eigenvalue weighted by Crippen LogP contribution is -2.33. The number of likely N-dealkylation sites (N-methyl/N-ethyl adjacent to an activating group) is 2. The van der Waals surface area contributed by atoms with Gasteiger partial charge in [0.05, 0.1) is 6.54 Å². The second kappa shape index (κ2) is 4.98. The maximum atomic E-state index is 11.5. The normalized spacial score (nSPS) is 9.93. The van der Waals surface area contributed by atoms with Crippen LogP contribution in [0.15, 0.2) is 24.3 Å². The fraction of sp³-hybridized carbons (Fsp3) is 0.300. The summed E-state index contributed by atoms with van der Waals surface area (Å²) in [5, 5.41) is 3.48. The first kappa shape index (κ1) is 11.0. The molecule has 0 saturated carbocycles. The molecule has 76 valence electrons. The molecular weight excluding hydrogens is 200 g/mol.